The maximum absolute atomic E-state index is 11.6. The average Bonchev–Trinajstić information content (AvgIpc) is 2.76. The summed E-state index contributed by atoms with van der Waals surface area (Å²) in [5, 5.41) is 18.8. The van der Waals surface area contributed by atoms with Gasteiger partial charge in [-0.3, -0.25) is 9.59 Å². The number of aliphatic imine (C=N–C) groups is 2. The van der Waals surface area contributed by atoms with Crippen molar-refractivity contribution in [1.29, 1.82) is 0 Å². The normalized spacial score (nSPS) is 17.7. The SMILES string of the molecule is C[n+]1cccc(-c2ccc(N=C(N)N=C(N)N)cc2C#CC2=CC[C@H](C(=O)O)[C@H](C(=O)O)C2)c1. The van der Waals surface area contributed by atoms with Crippen molar-refractivity contribution in [3.63, 3.8) is 0 Å². The molecular weight excluding hydrogens is 436 g/mol. The Kier molecular flexibility index (Phi) is 7.28. The number of nitrogens with zero attached hydrogens (tertiary/aromatic N) is 3. The fourth-order valence-corrected chi connectivity index (χ4v) is 3.67. The van der Waals surface area contributed by atoms with Gasteiger partial charge in [0.15, 0.2) is 18.4 Å². The van der Waals surface area contributed by atoms with Crippen molar-refractivity contribution in [2.24, 2.45) is 46.1 Å². The van der Waals surface area contributed by atoms with Crippen LogP contribution in [0.5, 0.6) is 0 Å². The first-order valence-electron chi connectivity index (χ1n) is 10.3. The van der Waals surface area contributed by atoms with Crippen LogP contribution in [-0.2, 0) is 16.6 Å². The zero-order chi connectivity index (χ0) is 24.8. The summed E-state index contributed by atoms with van der Waals surface area (Å²) in [6.07, 6.45) is 5.68. The van der Waals surface area contributed by atoms with Gasteiger partial charge in [-0.2, -0.15) is 4.99 Å². The van der Waals surface area contributed by atoms with Crippen molar-refractivity contribution in [3.05, 3.63) is 59.9 Å². The van der Waals surface area contributed by atoms with E-state index in [1.165, 1.54) is 0 Å². The van der Waals surface area contributed by atoms with E-state index in [0.29, 0.717) is 16.8 Å². The van der Waals surface area contributed by atoms with Crippen molar-refractivity contribution in [2.45, 2.75) is 12.8 Å². The van der Waals surface area contributed by atoms with E-state index in [1.807, 2.05) is 42.2 Å². The number of hydrogen-bond donors (Lipinski definition) is 5. The van der Waals surface area contributed by atoms with Crippen molar-refractivity contribution in [3.8, 4) is 23.0 Å². The van der Waals surface area contributed by atoms with Crippen molar-refractivity contribution in [2.75, 3.05) is 0 Å². The monoisotopic (exact) mass is 461 g/mol. The Morgan fingerprint density at radius 1 is 1.09 bits per heavy atom. The summed E-state index contributed by atoms with van der Waals surface area (Å²) in [5.74, 6) is 1.50. The lowest BCUT2D eigenvalue weighted by Gasteiger charge is -2.23. The summed E-state index contributed by atoms with van der Waals surface area (Å²) in [6, 6.07) is 9.16. The van der Waals surface area contributed by atoms with Crippen LogP contribution >= 0.6 is 0 Å². The van der Waals surface area contributed by atoms with E-state index >= 15 is 0 Å². The summed E-state index contributed by atoms with van der Waals surface area (Å²) >= 11 is 0. The van der Waals surface area contributed by atoms with Crippen LogP contribution in [0.1, 0.15) is 18.4 Å². The Balaban J connectivity index is 2.04. The van der Waals surface area contributed by atoms with Crippen LogP contribution in [0, 0.1) is 23.7 Å². The summed E-state index contributed by atoms with van der Waals surface area (Å²) in [6.45, 7) is 0. The Morgan fingerprint density at radius 2 is 1.82 bits per heavy atom. The number of benzene rings is 1. The van der Waals surface area contributed by atoms with Crippen molar-refractivity contribution >= 4 is 29.5 Å². The topological polar surface area (TPSA) is 181 Å². The first kappa shape index (κ1) is 24.0. The second-order valence-corrected chi connectivity index (χ2v) is 7.80. The van der Waals surface area contributed by atoms with Gasteiger partial charge in [-0.25, -0.2) is 9.56 Å². The number of aromatic nitrogens is 1. The molecule has 10 nitrogen and oxygen atoms in total. The second-order valence-electron chi connectivity index (χ2n) is 7.80. The summed E-state index contributed by atoms with van der Waals surface area (Å²) in [5.41, 5.74) is 19.8. The third kappa shape index (κ3) is 5.98. The van der Waals surface area contributed by atoms with Crippen LogP contribution in [0.25, 0.3) is 11.1 Å². The summed E-state index contributed by atoms with van der Waals surface area (Å²) in [4.78, 5) is 30.9. The molecule has 0 saturated carbocycles. The van der Waals surface area contributed by atoms with Crippen LogP contribution in [0.4, 0.5) is 5.69 Å². The number of aliphatic carboxylic acids is 2. The smallest absolute Gasteiger partial charge is 0.307 e. The van der Waals surface area contributed by atoms with E-state index in [4.69, 9.17) is 17.2 Å². The fraction of sp³-hybridized carbons (Fsp3) is 0.208. The van der Waals surface area contributed by atoms with E-state index in [2.05, 4.69) is 21.8 Å². The van der Waals surface area contributed by atoms with Gasteiger partial charge in [-0.1, -0.05) is 24.0 Å². The van der Waals surface area contributed by atoms with E-state index in [1.54, 1.807) is 18.2 Å². The molecule has 0 saturated heterocycles. The molecule has 0 spiro atoms. The molecule has 0 fully saturated rings. The van der Waals surface area contributed by atoms with Crippen LogP contribution in [0.15, 0.2) is 64.4 Å². The molecule has 1 aliphatic carbocycles. The Hall–Kier alpha value is -4.65. The molecule has 2 atom stereocenters. The minimum atomic E-state index is -1.15. The largest absolute Gasteiger partial charge is 0.481 e. The molecule has 0 radical (unpaired) electrons. The van der Waals surface area contributed by atoms with E-state index < -0.39 is 23.8 Å². The molecule has 3 rings (SSSR count). The molecule has 1 heterocycles. The number of guanidine groups is 2. The molecular formula is C24H25N6O4+. The maximum atomic E-state index is 11.6. The summed E-state index contributed by atoms with van der Waals surface area (Å²) in [7, 11) is 1.90. The molecule has 0 bridgehead atoms. The first-order valence-corrected chi connectivity index (χ1v) is 10.3. The van der Waals surface area contributed by atoms with Gasteiger partial charge in [0.1, 0.15) is 7.05 Å². The standard InChI is InChI=1S/C24H24N6O4/c1-30-10-2-3-16(13-30)18-9-7-17(28-24(27)29-23(25)26)12-15(18)6-4-14-5-8-19(21(31)32)20(11-14)22(33)34/h2-3,5,7,9-10,12-13,19-20H,8,11H2,1H3,(H7-,25,26,27,28,29,31,32,33,34)/p+1/t19-,20+/m0/s1. The number of nitrogens with two attached hydrogens (primary N) is 3. The molecule has 1 aromatic heterocycles. The zero-order valence-corrected chi connectivity index (χ0v) is 18.5. The summed E-state index contributed by atoms with van der Waals surface area (Å²) < 4.78 is 1.91. The molecule has 1 aromatic carbocycles. The number of allylic oxidation sites excluding steroid dienone is 2. The second kappa shape index (κ2) is 10.3. The van der Waals surface area contributed by atoms with Crippen molar-refractivity contribution < 1.29 is 24.4 Å². The minimum absolute atomic E-state index is 0.0458. The lowest BCUT2D eigenvalue weighted by Crippen LogP contribution is -2.32. The van der Waals surface area contributed by atoms with E-state index in [0.717, 1.165) is 11.1 Å². The van der Waals surface area contributed by atoms with Gasteiger partial charge in [-0.15, -0.1) is 0 Å². The van der Waals surface area contributed by atoms with Gasteiger partial charge in [0, 0.05) is 22.8 Å². The number of aryl methyl sites for hydroxylation is 1. The minimum Gasteiger partial charge on any atom is -0.481 e. The average molecular weight is 462 g/mol. The van der Waals surface area contributed by atoms with Crippen LogP contribution in [0.3, 0.4) is 0 Å². The van der Waals surface area contributed by atoms with Gasteiger partial charge in [0.2, 0.25) is 5.96 Å². The van der Waals surface area contributed by atoms with E-state index in [9.17, 15) is 19.8 Å². The Labute approximate surface area is 196 Å². The van der Waals surface area contributed by atoms with Gasteiger partial charge in [0.05, 0.1) is 17.5 Å². The van der Waals surface area contributed by atoms with Crippen molar-refractivity contribution in [1.82, 2.24) is 0 Å². The van der Waals surface area contributed by atoms with E-state index in [-0.39, 0.29) is 24.8 Å². The molecule has 34 heavy (non-hydrogen) atoms. The van der Waals surface area contributed by atoms with Crippen LogP contribution in [0.2, 0.25) is 0 Å². The van der Waals surface area contributed by atoms with Gasteiger partial charge in [0.25, 0.3) is 0 Å². The third-order valence-corrected chi connectivity index (χ3v) is 5.28. The maximum Gasteiger partial charge on any atom is 0.307 e. The first-order chi connectivity index (χ1) is 16.1. The highest BCUT2D eigenvalue weighted by Gasteiger charge is 2.36. The number of pyridine rings is 1. The number of carbonyl (C=O) groups is 2. The third-order valence-electron chi connectivity index (χ3n) is 5.28. The lowest BCUT2D eigenvalue weighted by atomic mass is 9.79. The predicted molar refractivity (Wildman–Crippen MR) is 127 cm³/mol. The number of carboxylic acids is 2. The molecule has 174 valence electrons. The van der Waals surface area contributed by atoms with Gasteiger partial charge >= 0.3 is 11.9 Å². The number of rotatable bonds is 4. The molecule has 10 heteroatoms. The molecule has 0 aliphatic heterocycles. The Bertz CT molecular complexity index is 1280. The molecule has 0 unspecified atom stereocenters. The number of hydrogen-bond acceptors (Lipinski definition) is 3. The molecule has 1 aliphatic rings. The number of carboxylic acid groups (broad SMARTS) is 2. The molecule has 2 aromatic rings. The van der Waals surface area contributed by atoms with Crippen LogP contribution < -0.4 is 21.8 Å². The molecule has 8 N–H and O–H groups in total. The highest BCUT2D eigenvalue weighted by molar-refractivity contribution is 5.93. The molecule has 0 amide bonds. The fourth-order valence-electron chi connectivity index (χ4n) is 3.67. The van der Waals surface area contributed by atoms with Crippen LogP contribution in [-0.4, -0.2) is 34.1 Å². The lowest BCUT2D eigenvalue weighted by molar-refractivity contribution is -0.671. The highest BCUT2D eigenvalue weighted by Crippen LogP contribution is 2.31. The van der Waals surface area contributed by atoms with Gasteiger partial charge < -0.3 is 27.4 Å². The van der Waals surface area contributed by atoms with Gasteiger partial charge in [-0.05, 0) is 36.6 Å². The quantitative estimate of drug-likeness (QED) is 0.194. The highest BCUT2D eigenvalue weighted by atomic mass is 16.4. The zero-order valence-electron chi connectivity index (χ0n) is 18.5. The predicted octanol–water partition coefficient (Wildman–Crippen LogP) is 0.871. The Morgan fingerprint density at radius 3 is 2.47 bits per heavy atom.